The molecule has 5 N–H and O–H groups in total. The summed E-state index contributed by atoms with van der Waals surface area (Å²) in [5.41, 5.74) is 0. The fourth-order valence-electron chi connectivity index (χ4n) is 0.523. The van der Waals surface area contributed by atoms with Crippen LogP contribution in [0.3, 0.4) is 0 Å². The van der Waals surface area contributed by atoms with E-state index in [1.807, 2.05) is 0 Å². The molecule has 12 heavy (non-hydrogen) atoms. The second kappa shape index (κ2) is 6.30. The first-order valence-electron chi connectivity index (χ1n) is 3.51. The smallest absolute Gasteiger partial charge is 0.159 e. The third-order valence-corrected chi connectivity index (χ3v) is 1.10. The van der Waals surface area contributed by atoms with Crippen LogP contribution in [-0.4, -0.2) is 57.4 Å². The molecule has 6 heteroatoms. The van der Waals surface area contributed by atoms with E-state index in [9.17, 15) is 0 Å². The molecule has 0 radical (unpaired) electrons. The Morgan fingerprint density at radius 1 is 1.08 bits per heavy atom. The predicted octanol–water partition coefficient (Wildman–Crippen LogP) is -2.62. The topological polar surface area (TPSA) is 110 Å². The molecule has 0 heterocycles. The molecule has 0 saturated carbocycles. The quantitative estimate of drug-likeness (QED) is 0.287. The normalized spacial score (nSPS) is 16.5. The van der Waals surface area contributed by atoms with E-state index in [2.05, 4.69) is 4.74 Å². The Labute approximate surface area is 69.6 Å². The zero-order chi connectivity index (χ0) is 9.56. The molecule has 0 aromatic rings. The van der Waals surface area contributed by atoms with Crippen LogP contribution in [0.2, 0.25) is 0 Å². The van der Waals surface area contributed by atoms with Gasteiger partial charge in [-0.3, -0.25) is 0 Å². The Kier molecular flexibility index (Phi) is 6.17. The molecule has 0 aliphatic heterocycles. The lowest BCUT2D eigenvalue weighted by Gasteiger charge is -2.14. The van der Waals surface area contributed by atoms with Crippen LogP contribution in [0.1, 0.15) is 6.42 Å². The summed E-state index contributed by atoms with van der Waals surface area (Å²) >= 11 is 0. The van der Waals surface area contributed by atoms with Crippen molar-refractivity contribution in [3.8, 4) is 0 Å². The van der Waals surface area contributed by atoms with Crippen LogP contribution >= 0.6 is 0 Å². The van der Waals surface area contributed by atoms with E-state index in [-0.39, 0.29) is 13.0 Å². The molecule has 0 aromatic heterocycles. The van der Waals surface area contributed by atoms with Crippen molar-refractivity contribution in [3.63, 3.8) is 0 Å². The highest BCUT2D eigenvalue weighted by atomic mass is 16.6. The summed E-state index contributed by atoms with van der Waals surface area (Å²) in [6.45, 7) is -0.710. The van der Waals surface area contributed by atoms with E-state index in [1.165, 1.54) is 0 Å². The van der Waals surface area contributed by atoms with Gasteiger partial charge in [0, 0.05) is 6.42 Å². The summed E-state index contributed by atoms with van der Waals surface area (Å²) in [5, 5.41) is 42.6. The van der Waals surface area contributed by atoms with E-state index in [0.29, 0.717) is 0 Å². The molecule has 0 spiro atoms. The third-order valence-electron chi connectivity index (χ3n) is 1.10. The molecule has 2 unspecified atom stereocenters. The minimum atomic E-state index is -1.65. The zero-order valence-electron chi connectivity index (χ0n) is 6.50. The first-order valence-corrected chi connectivity index (χ1v) is 3.51. The third kappa shape index (κ3) is 6.47. The van der Waals surface area contributed by atoms with Crippen LogP contribution in [0.4, 0.5) is 0 Å². The molecule has 2 atom stereocenters. The van der Waals surface area contributed by atoms with Crippen LogP contribution in [0, 0.1) is 0 Å². The van der Waals surface area contributed by atoms with E-state index in [0.717, 1.165) is 0 Å². The van der Waals surface area contributed by atoms with Gasteiger partial charge in [-0.05, 0) is 0 Å². The Balaban J connectivity index is 3.36. The van der Waals surface area contributed by atoms with Gasteiger partial charge >= 0.3 is 0 Å². The summed E-state index contributed by atoms with van der Waals surface area (Å²) in [4.78, 5) is 0. The lowest BCUT2D eigenvalue weighted by Crippen LogP contribution is -2.26. The molecule has 0 bridgehead atoms. The van der Waals surface area contributed by atoms with Gasteiger partial charge in [0.2, 0.25) is 0 Å². The Bertz CT molecular complexity index is 106. The van der Waals surface area contributed by atoms with Crippen LogP contribution < -0.4 is 0 Å². The lowest BCUT2D eigenvalue weighted by atomic mass is 10.4. The van der Waals surface area contributed by atoms with E-state index < -0.39 is 25.3 Å². The Morgan fingerprint density at radius 2 is 1.67 bits per heavy atom. The number of aliphatic hydroxyl groups is 5. The second-order valence-corrected chi connectivity index (χ2v) is 2.34. The average molecular weight is 182 g/mol. The predicted molar refractivity (Wildman–Crippen MR) is 37.9 cm³/mol. The summed E-state index contributed by atoms with van der Waals surface area (Å²) in [7, 11) is 0. The molecule has 0 rings (SSSR count). The first-order chi connectivity index (χ1) is 5.56. The number of ether oxygens (including phenoxy) is 1. The van der Waals surface area contributed by atoms with Crippen LogP contribution in [0.5, 0.6) is 0 Å². The minimum Gasteiger partial charge on any atom is -0.394 e. The number of aliphatic hydroxyl groups excluding tert-OH is 4. The Morgan fingerprint density at radius 3 is 2.08 bits per heavy atom. The Hall–Kier alpha value is -0.240. The molecular formula is C6H14O6. The molecule has 6 nitrogen and oxygen atoms in total. The van der Waals surface area contributed by atoms with Crippen LogP contribution in [-0.2, 0) is 4.74 Å². The van der Waals surface area contributed by atoms with E-state index >= 15 is 0 Å². The zero-order valence-corrected chi connectivity index (χ0v) is 6.50. The minimum absolute atomic E-state index is 0.246. The van der Waals surface area contributed by atoms with E-state index in [4.69, 9.17) is 25.5 Å². The van der Waals surface area contributed by atoms with Gasteiger partial charge in [0.1, 0.15) is 6.10 Å². The lowest BCUT2D eigenvalue weighted by molar-refractivity contribution is -0.169. The van der Waals surface area contributed by atoms with Crippen molar-refractivity contribution >= 4 is 0 Å². The van der Waals surface area contributed by atoms with Gasteiger partial charge in [-0.25, -0.2) is 0 Å². The van der Waals surface area contributed by atoms with Crippen molar-refractivity contribution in [2.24, 2.45) is 0 Å². The number of hydrogen-bond donors (Lipinski definition) is 5. The highest BCUT2D eigenvalue weighted by molar-refractivity contribution is 4.51. The van der Waals surface area contributed by atoms with Gasteiger partial charge in [-0.2, -0.15) is 0 Å². The summed E-state index contributed by atoms with van der Waals surface area (Å²) in [6.07, 6.45) is -4.40. The highest BCUT2D eigenvalue weighted by Crippen LogP contribution is 1.98. The summed E-state index contributed by atoms with van der Waals surface area (Å²) in [5.74, 6) is 0. The van der Waals surface area contributed by atoms with Gasteiger partial charge in [0.15, 0.2) is 12.6 Å². The van der Waals surface area contributed by atoms with Gasteiger partial charge in [-0.15, -0.1) is 0 Å². The highest BCUT2D eigenvalue weighted by Gasteiger charge is 2.11. The van der Waals surface area contributed by atoms with Gasteiger partial charge in [-0.1, -0.05) is 0 Å². The fourth-order valence-corrected chi connectivity index (χ4v) is 0.523. The molecular weight excluding hydrogens is 168 g/mol. The monoisotopic (exact) mass is 182 g/mol. The average Bonchev–Trinajstić information content (AvgIpc) is 1.99. The number of hydrogen-bond acceptors (Lipinski definition) is 6. The molecule has 0 fully saturated rings. The molecule has 0 aliphatic rings. The maximum Gasteiger partial charge on any atom is 0.159 e. The standard InChI is InChI=1S/C6H14O6/c7-2-4(8)3-12-6(11)1-5(9)10/h4-11H,1-3H2. The molecule has 0 saturated heterocycles. The van der Waals surface area contributed by atoms with Crippen molar-refractivity contribution in [3.05, 3.63) is 0 Å². The largest absolute Gasteiger partial charge is 0.394 e. The van der Waals surface area contributed by atoms with Crippen LogP contribution in [0.15, 0.2) is 0 Å². The van der Waals surface area contributed by atoms with Crippen molar-refractivity contribution in [2.45, 2.75) is 25.1 Å². The van der Waals surface area contributed by atoms with Crippen molar-refractivity contribution in [1.82, 2.24) is 0 Å². The van der Waals surface area contributed by atoms with Crippen molar-refractivity contribution in [1.29, 1.82) is 0 Å². The van der Waals surface area contributed by atoms with E-state index in [1.54, 1.807) is 0 Å². The van der Waals surface area contributed by atoms with Crippen molar-refractivity contribution in [2.75, 3.05) is 13.2 Å². The molecule has 0 amide bonds. The van der Waals surface area contributed by atoms with Crippen molar-refractivity contribution < 1.29 is 30.3 Å². The SMILES string of the molecule is OCC(O)COC(O)CC(O)O. The van der Waals surface area contributed by atoms with Gasteiger partial charge < -0.3 is 30.3 Å². The van der Waals surface area contributed by atoms with Gasteiger partial charge in [0.05, 0.1) is 13.2 Å². The van der Waals surface area contributed by atoms with Gasteiger partial charge in [0.25, 0.3) is 0 Å². The number of rotatable bonds is 6. The molecule has 0 aromatic carbocycles. The maximum absolute atomic E-state index is 8.83. The second-order valence-electron chi connectivity index (χ2n) is 2.34. The van der Waals surface area contributed by atoms with Crippen LogP contribution in [0.25, 0.3) is 0 Å². The maximum atomic E-state index is 8.83. The molecule has 74 valence electrons. The first kappa shape index (κ1) is 11.8. The summed E-state index contributed by atoms with van der Waals surface area (Å²) < 4.78 is 4.53. The fraction of sp³-hybridized carbons (Fsp3) is 1.00. The summed E-state index contributed by atoms with van der Waals surface area (Å²) in [6, 6.07) is 0. The molecule has 0 aliphatic carbocycles.